The third-order valence-electron chi connectivity index (χ3n) is 2.59. The minimum atomic E-state index is -0.177. The number of rotatable bonds is 4. The van der Waals surface area contributed by atoms with Gasteiger partial charge in [-0.1, -0.05) is 25.1 Å². The van der Waals surface area contributed by atoms with E-state index >= 15 is 0 Å². The van der Waals surface area contributed by atoms with Crippen LogP contribution in [0.4, 0.5) is 5.69 Å². The molecule has 0 heterocycles. The molecular weight excluding hydrogens is 216 g/mol. The van der Waals surface area contributed by atoms with Gasteiger partial charge >= 0.3 is 0 Å². The van der Waals surface area contributed by atoms with Crippen molar-refractivity contribution in [2.75, 3.05) is 18.9 Å². The molecule has 4 heteroatoms. The number of nitrogens with one attached hydrogen (secondary N) is 1. The fraction of sp³-hybridized carbons (Fsp3) is 0.385. The highest BCUT2D eigenvalue weighted by Gasteiger charge is 2.10. The van der Waals surface area contributed by atoms with Gasteiger partial charge in [-0.3, -0.25) is 9.59 Å². The summed E-state index contributed by atoms with van der Waals surface area (Å²) in [7, 11) is 1.60. The van der Waals surface area contributed by atoms with Crippen LogP contribution in [-0.2, 0) is 16.0 Å². The Labute approximate surface area is 102 Å². The summed E-state index contributed by atoms with van der Waals surface area (Å²) in [6.45, 7) is 3.55. The predicted octanol–water partition coefficient (Wildman–Crippen LogP) is 1.67. The first-order valence-electron chi connectivity index (χ1n) is 5.64. The molecule has 92 valence electrons. The summed E-state index contributed by atoms with van der Waals surface area (Å²) in [6.07, 6.45) is 0.860. The molecule has 0 saturated carbocycles. The molecule has 0 unspecified atom stereocenters. The van der Waals surface area contributed by atoms with Gasteiger partial charge in [0.15, 0.2) is 0 Å². The molecule has 0 atom stereocenters. The first-order valence-corrected chi connectivity index (χ1v) is 5.64. The molecule has 2 amide bonds. The van der Waals surface area contributed by atoms with Gasteiger partial charge in [-0.25, -0.2) is 0 Å². The molecule has 0 fully saturated rings. The van der Waals surface area contributed by atoms with Crippen LogP contribution in [0.1, 0.15) is 19.4 Å². The summed E-state index contributed by atoms with van der Waals surface area (Å²) < 4.78 is 0. The van der Waals surface area contributed by atoms with E-state index in [1.165, 1.54) is 11.8 Å². The van der Waals surface area contributed by atoms with E-state index in [-0.39, 0.29) is 18.4 Å². The number of carbonyl (C=O) groups excluding carboxylic acids is 2. The molecule has 1 aromatic carbocycles. The third-order valence-corrected chi connectivity index (χ3v) is 2.59. The SMILES string of the molecule is CCc1ccccc1NC(=O)CN(C)C(C)=O. The second-order valence-electron chi connectivity index (χ2n) is 3.93. The summed E-state index contributed by atoms with van der Waals surface area (Å²) in [5.41, 5.74) is 1.91. The van der Waals surface area contributed by atoms with Gasteiger partial charge in [0, 0.05) is 19.7 Å². The quantitative estimate of drug-likeness (QED) is 0.861. The molecule has 0 aromatic heterocycles. The summed E-state index contributed by atoms with van der Waals surface area (Å²) >= 11 is 0. The third kappa shape index (κ3) is 3.90. The second kappa shape index (κ2) is 6.03. The van der Waals surface area contributed by atoms with Gasteiger partial charge in [0.2, 0.25) is 11.8 Å². The van der Waals surface area contributed by atoms with Crippen molar-refractivity contribution in [2.45, 2.75) is 20.3 Å². The molecule has 0 spiro atoms. The molecular formula is C13H18N2O2. The lowest BCUT2D eigenvalue weighted by Crippen LogP contribution is -2.33. The molecule has 0 aliphatic heterocycles. The van der Waals surface area contributed by atoms with Crippen molar-refractivity contribution < 1.29 is 9.59 Å². The van der Waals surface area contributed by atoms with Crippen molar-refractivity contribution in [1.82, 2.24) is 4.90 Å². The van der Waals surface area contributed by atoms with Crippen molar-refractivity contribution in [2.24, 2.45) is 0 Å². The number of likely N-dealkylation sites (N-methyl/N-ethyl adjacent to an activating group) is 1. The van der Waals surface area contributed by atoms with E-state index in [9.17, 15) is 9.59 Å². The van der Waals surface area contributed by atoms with E-state index in [1.54, 1.807) is 7.05 Å². The number of carbonyl (C=O) groups is 2. The Hall–Kier alpha value is -1.84. The van der Waals surface area contributed by atoms with Crippen molar-refractivity contribution in [3.63, 3.8) is 0 Å². The number of amides is 2. The Balaban J connectivity index is 2.65. The standard InChI is InChI=1S/C13H18N2O2/c1-4-11-7-5-6-8-12(11)14-13(17)9-15(3)10(2)16/h5-8H,4,9H2,1-3H3,(H,14,17). The molecule has 17 heavy (non-hydrogen) atoms. The fourth-order valence-corrected chi connectivity index (χ4v) is 1.47. The topological polar surface area (TPSA) is 49.4 Å². The van der Waals surface area contributed by atoms with E-state index in [2.05, 4.69) is 5.32 Å². The lowest BCUT2D eigenvalue weighted by atomic mass is 10.1. The lowest BCUT2D eigenvalue weighted by molar-refractivity contribution is -0.131. The van der Waals surface area contributed by atoms with Crippen molar-refractivity contribution in [1.29, 1.82) is 0 Å². The van der Waals surface area contributed by atoms with Crippen LogP contribution in [0.25, 0.3) is 0 Å². The zero-order valence-electron chi connectivity index (χ0n) is 10.5. The summed E-state index contributed by atoms with van der Waals surface area (Å²) in [5.74, 6) is -0.299. The zero-order valence-corrected chi connectivity index (χ0v) is 10.5. The molecule has 1 N–H and O–H groups in total. The van der Waals surface area contributed by atoms with Crippen LogP contribution in [0.15, 0.2) is 24.3 Å². The van der Waals surface area contributed by atoms with Crippen LogP contribution in [0, 0.1) is 0 Å². The Bertz CT molecular complexity index is 416. The van der Waals surface area contributed by atoms with Crippen molar-refractivity contribution >= 4 is 17.5 Å². The van der Waals surface area contributed by atoms with Gasteiger partial charge in [0.1, 0.15) is 0 Å². The highest BCUT2D eigenvalue weighted by atomic mass is 16.2. The van der Waals surface area contributed by atoms with Crippen LogP contribution in [0.5, 0.6) is 0 Å². The smallest absolute Gasteiger partial charge is 0.243 e. The van der Waals surface area contributed by atoms with E-state index in [0.717, 1.165) is 17.7 Å². The fourth-order valence-electron chi connectivity index (χ4n) is 1.47. The normalized spacial score (nSPS) is 9.82. The number of hydrogen-bond acceptors (Lipinski definition) is 2. The average molecular weight is 234 g/mol. The molecule has 0 radical (unpaired) electrons. The van der Waals surface area contributed by atoms with E-state index in [1.807, 2.05) is 31.2 Å². The van der Waals surface area contributed by atoms with Crippen LogP contribution >= 0.6 is 0 Å². The molecule has 1 rings (SSSR count). The number of benzene rings is 1. The lowest BCUT2D eigenvalue weighted by Gasteiger charge is -2.15. The maximum Gasteiger partial charge on any atom is 0.243 e. The van der Waals surface area contributed by atoms with Crippen LogP contribution in [-0.4, -0.2) is 30.3 Å². The predicted molar refractivity (Wildman–Crippen MR) is 67.8 cm³/mol. The van der Waals surface area contributed by atoms with Crippen LogP contribution < -0.4 is 5.32 Å². The number of anilines is 1. The molecule has 0 bridgehead atoms. The first-order chi connectivity index (χ1) is 8.04. The Morgan fingerprint density at radius 1 is 1.29 bits per heavy atom. The maximum atomic E-state index is 11.7. The average Bonchev–Trinajstić information content (AvgIpc) is 2.29. The summed E-state index contributed by atoms with van der Waals surface area (Å²) in [6, 6.07) is 7.66. The molecule has 0 aliphatic rings. The highest BCUT2D eigenvalue weighted by Crippen LogP contribution is 2.15. The van der Waals surface area contributed by atoms with E-state index in [0.29, 0.717) is 0 Å². The Kier molecular flexibility index (Phi) is 4.69. The Morgan fingerprint density at radius 2 is 1.94 bits per heavy atom. The van der Waals surface area contributed by atoms with Gasteiger partial charge in [-0.2, -0.15) is 0 Å². The van der Waals surface area contributed by atoms with Crippen molar-refractivity contribution in [3.05, 3.63) is 29.8 Å². The van der Waals surface area contributed by atoms with Crippen LogP contribution in [0.2, 0.25) is 0 Å². The van der Waals surface area contributed by atoms with E-state index < -0.39 is 0 Å². The molecule has 0 aliphatic carbocycles. The second-order valence-corrected chi connectivity index (χ2v) is 3.93. The molecule has 1 aromatic rings. The summed E-state index contributed by atoms with van der Waals surface area (Å²) in [5, 5.41) is 2.81. The summed E-state index contributed by atoms with van der Waals surface area (Å²) in [4.78, 5) is 24.1. The van der Waals surface area contributed by atoms with Gasteiger partial charge in [-0.15, -0.1) is 0 Å². The zero-order chi connectivity index (χ0) is 12.8. The number of para-hydroxylation sites is 1. The van der Waals surface area contributed by atoms with Gasteiger partial charge in [0.25, 0.3) is 0 Å². The first kappa shape index (κ1) is 13.2. The number of nitrogens with zero attached hydrogens (tertiary/aromatic N) is 1. The van der Waals surface area contributed by atoms with Gasteiger partial charge in [0.05, 0.1) is 6.54 Å². The maximum absolute atomic E-state index is 11.7. The number of hydrogen-bond donors (Lipinski definition) is 1. The minimum Gasteiger partial charge on any atom is -0.337 e. The van der Waals surface area contributed by atoms with Crippen molar-refractivity contribution in [3.8, 4) is 0 Å². The van der Waals surface area contributed by atoms with Crippen LogP contribution in [0.3, 0.4) is 0 Å². The van der Waals surface area contributed by atoms with Gasteiger partial charge < -0.3 is 10.2 Å². The monoisotopic (exact) mass is 234 g/mol. The molecule has 0 saturated heterocycles. The van der Waals surface area contributed by atoms with Gasteiger partial charge in [-0.05, 0) is 18.1 Å². The number of aryl methyl sites for hydroxylation is 1. The molecule has 4 nitrogen and oxygen atoms in total. The Morgan fingerprint density at radius 3 is 2.53 bits per heavy atom. The largest absolute Gasteiger partial charge is 0.337 e. The van der Waals surface area contributed by atoms with E-state index in [4.69, 9.17) is 0 Å². The minimum absolute atomic E-state index is 0.0768. The highest BCUT2D eigenvalue weighted by molar-refractivity contribution is 5.94.